The number of benzene rings is 2. The van der Waals surface area contributed by atoms with Gasteiger partial charge in [-0.2, -0.15) is 0 Å². The van der Waals surface area contributed by atoms with Crippen LogP contribution in [0.3, 0.4) is 0 Å². The second-order valence-corrected chi connectivity index (χ2v) is 10.6. The Hall–Kier alpha value is -4.21. The first-order chi connectivity index (χ1) is 19.1. The van der Waals surface area contributed by atoms with Crippen LogP contribution in [0.4, 0.5) is 11.4 Å². The van der Waals surface area contributed by atoms with Crippen molar-refractivity contribution in [3.63, 3.8) is 0 Å². The van der Waals surface area contributed by atoms with Crippen molar-refractivity contribution in [1.82, 2.24) is 10.3 Å². The molecule has 1 fully saturated rings. The normalized spacial score (nSPS) is 16.7. The van der Waals surface area contributed by atoms with E-state index in [9.17, 15) is 14.7 Å². The van der Waals surface area contributed by atoms with E-state index in [1.807, 2.05) is 68.1 Å². The maximum Gasteiger partial charge on any atom is 0.335 e. The summed E-state index contributed by atoms with van der Waals surface area (Å²) in [5.41, 5.74) is 3.78. The van der Waals surface area contributed by atoms with Crippen molar-refractivity contribution in [2.24, 2.45) is 5.92 Å². The maximum absolute atomic E-state index is 12.3. The molecule has 3 N–H and O–H groups in total. The number of carboxylic acid groups (broad SMARTS) is 1. The largest absolute Gasteiger partial charge is 0.478 e. The molecule has 0 spiro atoms. The molecule has 2 aromatic carbocycles. The first kappa shape index (κ1) is 27.4. The third kappa shape index (κ3) is 5.30. The van der Waals surface area contributed by atoms with Crippen LogP contribution in [0.2, 0.25) is 5.02 Å². The molecule has 1 saturated heterocycles. The molecule has 2 atom stereocenters. The molecule has 1 amide bonds. The van der Waals surface area contributed by atoms with Crippen LogP contribution in [0.15, 0.2) is 77.3 Å². The van der Waals surface area contributed by atoms with Crippen molar-refractivity contribution in [1.29, 1.82) is 0 Å². The van der Waals surface area contributed by atoms with Crippen molar-refractivity contribution in [2.45, 2.75) is 32.9 Å². The van der Waals surface area contributed by atoms with Gasteiger partial charge in [0.05, 0.1) is 22.3 Å². The van der Waals surface area contributed by atoms with Gasteiger partial charge < -0.3 is 25.1 Å². The topological polar surface area (TPSA) is 108 Å². The van der Waals surface area contributed by atoms with Crippen molar-refractivity contribution in [2.75, 3.05) is 10.2 Å². The Morgan fingerprint density at radius 1 is 1.12 bits per heavy atom. The zero-order chi connectivity index (χ0) is 28.6. The monoisotopic (exact) mass is 574 g/mol. The Bertz CT molecular complexity index is 1600. The molecule has 40 heavy (non-hydrogen) atoms. The number of hydrogen-bond acceptors (Lipinski definition) is 5. The van der Waals surface area contributed by atoms with Gasteiger partial charge in [0.25, 0.3) is 0 Å². The number of nitrogens with zero attached hydrogens (tertiary/aromatic N) is 2. The number of anilines is 2. The van der Waals surface area contributed by atoms with Crippen molar-refractivity contribution in [3.05, 3.63) is 101 Å². The molecule has 8 nitrogen and oxygen atoms in total. The highest BCUT2D eigenvalue weighted by Crippen LogP contribution is 2.44. The SMILES string of the molecule is Cc1cc(N2C(=S)N[C@H](c3ccccn3)[C@@H]2c2ccc(-c3cc(C(=O)O)ccc3Cl)o2)ccc1NC(=O)C(C)C. The molecule has 2 aromatic heterocycles. The molecular formula is C30H27ClN4O4S. The average Bonchev–Trinajstić information content (AvgIpc) is 3.55. The van der Waals surface area contributed by atoms with Crippen molar-refractivity contribution < 1.29 is 19.1 Å². The molecule has 4 aromatic rings. The van der Waals surface area contributed by atoms with E-state index in [0.29, 0.717) is 27.2 Å². The number of carbonyl (C=O) groups is 2. The van der Waals surface area contributed by atoms with Gasteiger partial charge in [-0.25, -0.2) is 4.79 Å². The van der Waals surface area contributed by atoms with E-state index in [4.69, 9.17) is 28.2 Å². The van der Waals surface area contributed by atoms with E-state index in [2.05, 4.69) is 15.6 Å². The van der Waals surface area contributed by atoms with Gasteiger partial charge in [-0.15, -0.1) is 0 Å². The summed E-state index contributed by atoms with van der Waals surface area (Å²) in [6.45, 7) is 5.62. The van der Waals surface area contributed by atoms with E-state index in [0.717, 1.165) is 22.6 Å². The minimum atomic E-state index is -1.06. The Morgan fingerprint density at radius 2 is 1.93 bits per heavy atom. The van der Waals surface area contributed by atoms with Gasteiger partial charge in [-0.1, -0.05) is 31.5 Å². The van der Waals surface area contributed by atoms with Crippen LogP contribution in [0.25, 0.3) is 11.3 Å². The molecule has 5 rings (SSSR count). The van der Waals surface area contributed by atoms with Crippen LogP contribution in [0.1, 0.15) is 53.3 Å². The number of amides is 1. The summed E-state index contributed by atoms with van der Waals surface area (Å²) >= 11 is 12.2. The summed E-state index contributed by atoms with van der Waals surface area (Å²) < 4.78 is 6.35. The van der Waals surface area contributed by atoms with Crippen LogP contribution in [-0.4, -0.2) is 27.1 Å². The number of pyridine rings is 1. The third-order valence-electron chi connectivity index (χ3n) is 6.77. The fraction of sp³-hybridized carbons (Fsp3) is 0.200. The number of aromatic carboxylic acids is 1. The van der Waals surface area contributed by atoms with Crippen LogP contribution >= 0.6 is 23.8 Å². The minimum Gasteiger partial charge on any atom is -0.478 e. The molecule has 204 valence electrons. The number of carbonyl (C=O) groups excluding carboxylic acids is 1. The number of carboxylic acids is 1. The highest BCUT2D eigenvalue weighted by molar-refractivity contribution is 7.80. The molecule has 0 saturated carbocycles. The number of thiocarbonyl (C=S) groups is 1. The van der Waals surface area contributed by atoms with Gasteiger partial charge in [0.15, 0.2) is 5.11 Å². The van der Waals surface area contributed by atoms with E-state index in [1.54, 1.807) is 18.3 Å². The van der Waals surface area contributed by atoms with Gasteiger partial charge in [-0.3, -0.25) is 9.78 Å². The van der Waals surface area contributed by atoms with Gasteiger partial charge in [-0.05, 0) is 85.4 Å². The number of furan rings is 1. The third-order valence-corrected chi connectivity index (χ3v) is 7.41. The predicted octanol–water partition coefficient (Wildman–Crippen LogP) is 6.77. The Balaban J connectivity index is 1.57. The standard InChI is InChI=1S/C30H27ClN4O4S/c1-16(2)28(36)33-22-10-8-19(14-17(22)3)35-27(26(34-30(35)40)23-6-4-5-13-32-23)25-12-11-24(39-25)20-15-18(29(37)38)7-9-21(20)31/h4-16,26-27H,1-3H3,(H,33,36)(H,34,40)(H,37,38)/t26-,27+/m1/s1. The molecule has 0 radical (unpaired) electrons. The van der Waals surface area contributed by atoms with Crippen molar-refractivity contribution >= 4 is 52.2 Å². The number of aryl methyl sites for hydroxylation is 1. The Morgan fingerprint density at radius 3 is 2.60 bits per heavy atom. The lowest BCUT2D eigenvalue weighted by molar-refractivity contribution is -0.118. The second kappa shape index (κ2) is 11.1. The van der Waals surface area contributed by atoms with E-state index in [-0.39, 0.29) is 23.4 Å². The van der Waals surface area contributed by atoms with Crippen LogP contribution in [-0.2, 0) is 4.79 Å². The molecule has 0 unspecified atom stereocenters. The lowest BCUT2D eigenvalue weighted by atomic mass is 10.0. The van der Waals surface area contributed by atoms with Crippen LogP contribution in [0, 0.1) is 12.8 Å². The summed E-state index contributed by atoms with van der Waals surface area (Å²) in [5, 5.41) is 16.7. The summed E-state index contributed by atoms with van der Waals surface area (Å²) in [7, 11) is 0. The van der Waals surface area contributed by atoms with E-state index < -0.39 is 12.0 Å². The van der Waals surface area contributed by atoms with E-state index >= 15 is 0 Å². The molecule has 0 bridgehead atoms. The smallest absolute Gasteiger partial charge is 0.335 e. The zero-order valence-electron chi connectivity index (χ0n) is 22.0. The molecule has 1 aliphatic rings. The molecule has 1 aliphatic heterocycles. The lowest BCUT2D eigenvalue weighted by Gasteiger charge is -2.27. The Kier molecular flexibility index (Phi) is 7.60. The maximum atomic E-state index is 12.3. The number of aromatic nitrogens is 1. The number of rotatable bonds is 7. The fourth-order valence-corrected chi connectivity index (χ4v) is 5.20. The molecule has 3 heterocycles. The summed E-state index contributed by atoms with van der Waals surface area (Å²) in [4.78, 5) is 30.4. The summed E-state index contributed by atoms with van der Waals surface area (Å²) in [6.07, 6.45) is 1.72. The molecule has 0 aliphatic carbocycles. The lowest BCUT2D eigenvalue weighted by Crippen LogP contribution is -2.29. The first-order valence-corrected chi connectivity index (χ1v) is 13.5. The number of hydrogen-bond donors (Lipinski definition) is 3. The van der Waals surface area contributed by atoms with Gasteiger partial charge in [0.1, 0.15) is 17.6 Å². The average molecular weight is 575 g/mol. The molecule has 10 heteroatoms. The molecular weight excluding hydrogens is 548 g/mol. The van der Waals surface area contributed by atoms with Crippen LogP contribution < -0.4 is 15.5 Å². The summed E-state index contributed by atoms with van der Waals surface area (Å²) in [6, 6.07) is 18.7. The van der Waals surface area contributed by atoms with Gasteiger partial charge in [0.2, 0.25) is 5.91 Å². The highest BCUT2D eigenvalue weighted by atomic mass is 35.5. The quantitative estimate of drug-likeness (QED) is 0.207. The van der Waals surface area contributed by atoms with Gasteiger partial charge in [0, 0.05) is 29.1 Å². The first-order valence-electron chi connectivity index (χ1n) is 12.7. The number of nitrogens with one attached hydrogen (secondary N) is 2. The highest BCUT2D eigenvalue weighted by Gasteiger charge is 2.42. The van der Waals surface area contributed by atoms with Crippen LogP contribution in [0.5, 0.6) is 0 Å². The summed E-state index contributed by atoms with van der Waals surface area (Å²) in [5.74, 6) is -0.236. The fourth-order valence-electron chi connectivity index (χ4n) is 4.64. The van der Waals surface area contributed by atoms with Crippen molar-refractivity contribution in [3.8, 4) is 11.3 Å². The second-order valence-electron chi connectivity index (χ2n) is 9.84. The predicted molar refractivity (Wildman–Crippen MR) is 159 cm³/mol. The minimum absolute atomic E-state index is 0.0592. The van der Waals surface area contributed by atoms with E-state index in [1.165, 1.54) is 12.1 Å². The zero-order valence-corrected chi connectivity index (χ0v) is 23.6. The van der Waals surface area contributed by atoms with Gasteiger partial charge >= 0.3 is 5.97 Å². The number of halogens is 1. The Labute approximate surface area is 242 Å².